The van der Waals surface area contributed by atoms with Gasteiger partial charge in [0.05, 0.1) is 18.4 Å². The number of benzene rings is 1. The van der Waals surface area contributed by atoms with E-state index < -0.39 is 0 Å². The molecule has 1 aromatic heterocycles. The van der Waals surface area contributed by atoms with Crippen LogP contribution >= 0.6 is 0 Å². The summed E-state index contributed by atoms with van der Waals surface area (Å²) in [5.74, 6) is -0.333. The Balaban J connectivity index is 2.21. The summed E-state index contributed by atoms with van der Waals surface area (Å²) in [5.41, 5.74) is 6.55. The van der Waals surface area contributed by atoms with E-state index in [1.165, 1.54) is 7.11 Å². The summed E-state index contributed by atoms with van der Waals surface area (Å²) in [4.78, 5) is 15.6. The Labute approximate surface area is 118 Å². The molecule has 1 aromatic carbocycles. The molecule has 0 bridgehead atoms. The highest BCUT2D eigenvalue weighted by Crippen LogP contribution is 2.11. The number of esters is 1. The molecule has 1 heterocycles. The van der Waals surface area contributed by atoms with Crippen LogP contribution in [0.3, 0.4) is 0 Å². The van der Waals surface area contributed by atoms with Crippen molar-refractivity contribution < 1.29 is 9.53 Å². The van der Waals surface area contributed by atoms with Gasteiger partial charge in [0, 0.05) is 11.8 Å². The Morgan fingerprint density at radius 2 is 1.95 bits per heavy atom. The van der Waals surface area contributed by atoms with Crippen LogP contribution in [-0.4, -0.2) is 18.1 Å². The first-order valence-corrected chi connectivity index (χ1v) is 6.24. The van der Waals surface area contributed by atoms with Gasteiger partial charge in [-0.15, -0.1) is 5.73 Å². The smallest absolute Gasteiger partial charge is 0.337 e. The predicted molar refractivity (Wildman–Crippen MR) is 79.1 cm³/mol. The first kappa shape index (κ1) is 13.8. The van der Waals surface area contributed by atoms with Crippen molar-refractivity contribution in [2.24, 2.45) is 0 Å². The molecule has 0 saturated heterocycles. The van der Waals surface area contributed by atoms with Gasteiger partial charge in [-0.3, -0.25) is 4.98 Å². The lowest BCUT2D eigenvalue weighted by molar-refractivity contribution is 0.0601. The van der Waals surface area contributed by atoms with Crippen molar-refractivity contribution in [3.63, 3.8) is 0 Å². The number of hydrogen-bond acceptors (Lipinski definition) is 3. The fourth-order valence-corrected chi connectivity index (χ4v) is 1.68. The number of ether oxygens (including phenoxy) is 1. The molecule has 0 fully saturated rings. The second kappa shape index (κ2) is 6.50. The Hall–Kier alpha value is -2.64. The summed E-state index contributed by atoms with van der Waals surface area (Å²) in [5, 5.41) is 0. The molecule has 0 unspecified atom stereocenters. The topological polar surface area (TPSA) is 39.2 Å². The fraction of sp³-hybridized carbons (Fsp3) is 0.118. The van der Waals surface area contributed by atoms with E-state index in [0.29, 0.717) is 5.56 Å². The Kier molecular flexibility index (Phi) is 4.48. The molecular formula is C17H15NO2. The zero-order valence-corrected chi connectivity index (χ0v) is 11.5. The number of rotatable bonds is 3. The SMILES string of the molecule is COC(=O)c1ccc(C=C=C(C)c2ccccn2)cc1. The zero-order valence-electron chi connectivity index (χ0n) is 11.5. The molecular weight excluding hydrogens is 250 g/mol. The van der Waals surface area contributed by atoms with Crippen molar-refractivity contribution >= 4 is 17.6 Å². The van der Waals surface area contributed by atoms with Gasteiger partial charge >= 0.3 is 5.97 Å². The molecule has 0 radical (unpaired) electrons. The minimum absolute atomic E-state index is 0.333. The number of pyridine rings is 1. The number of methoxy groups -OCH3 is 1. The van der Waals surface area contributed by atoms with Crippen molar-refractivity contribution in [1.29, 1.82) is 0 Å². The molecule has 3 heteroatoms. The van der Waals surface area contributed by atoms with E-state index in [1.807, 2.05) is 43.3 Å². The van der Waals surface area contributed by atoms with E-state index in [1.54, 1.807) is 18.3 Å². The molecule has 2 aromatic rings. The predicted octanol–water partition coefficient (Wildman–Crippen LogP) is 3.58. The molecule has 2 rings (SSSR count). The highest BCUT2D eigenvalue weighted by atomic mass is 16.5. The van der Waals surface area contributed by atoms with E-state index in [0.717, 1.165) is 16.8 Å². The quantitative estimate of drug-likeness (QED) is 0.629. The minimum atomic E-state index is -0.333. The van der Waals surface area contributed by atoms with Gasteiger partial charge in [0.15, 0.2) is 0 Å². The van der Waals surface area contributed by atoms with E-state index in [-0.39, 0.29) is 5.97 Å². The maximum atomic E-state index is 11.3. The molecule has 0 N–H and O–H groups in total. The van der Waals surface area contributed by atoms with Gasteiger partial charge < -0.3 is 4.74 Å². The van der Waals surface area contributed by atoms with Gasteiger partial charge in [-0.25, -0.2) is 4.79 Å². The molecule has 3 nitrogen and oxygen atoms in total. The molecule has 20 heavy (non-hydrogen) atoms. The van der Waals surface area contributed by atoms with Crippen LogP contribution in [0.5, 0.6) is 0 Å². The van der Waals surface area contributed by atoms with Crippen molar-refractivity contribution in [3.8, 4) is 0 Å². The molecule has 0 spiro atoms. The van der Waals surface area contributed by atoms with Crippen LogP contribution in [-0.2, 0) is 4.74 Å². The van der Waals surface area contributed by atoms with E-state index >= 15 is 0 Å². The standard InChI is InChI=1S/C17H15NO2/c1-13(16-5-3-4-12-18-16)6-7-14-8-10-15(11-9-14)17(19)20-2/h3-5,7-12H,1-2H3. The second-order valence-electron chi connectivity index (χ2n) is 4.24. The Morgan fingerprint density at radius 1 is 1.20 bits per heavy atom. The molecule has 100 valence electrons. The van der Waals surface area contributed by atoms with Crippen LogP contribution in [0, 0.1) is 0 Å². The van der Waals surface area contributed by atoms with Gasteiger partial charge in [0.25, 0.3) is 0 Å². The maximum Gasteiger partial charge on any atom is 0.337 e. The molecule has 0 amide bonds. The number of carbonyl (C=O) groups excluding carboxylic acids is 1. The molecule has 0 saturated carbocycles. The highest BCUT2D eigenvalue weighted by molar-refractivity contribution is 5.89. The van der Waals surface area contributed by atoms with Crippen LogP contribution in [0.15, 0.2) is 54.4 Å². The summed E-state index contributed by atoms with van der Waals surface area (Å²) in [7, 11) is 1.37. The molecule has 0 aliphatic heterocycles. The lowest BCUT2D eigenvalue weighted by atomic mass is 10.1. The van der Waals surface area contributed by atoms with Gasteiger partial charge in [-0.05, 0) is 42.8 Å². The van der Waals surface area contributed by atoms with Crippen LogP contribution < -0.4 is 0 Å². The number of hydrogen-bond donors (Lipinski definition) is 0. The van der Waals surface area contributed by atoms with Gasteiger partial charge in [-0.1, -0.05) is 18.2 Å². The fourth-order valence-electron chi connectivity index (χ4n) is 1.68. The molecule has 0 aliphatic rings. The Bertz CT molecular complexity index is 651. The summed E-state index contributed by atoms with van der Waals surface area (Å²) >= 11 is 0. The largest absolute Gasteiger partial charge is 0.465 e. The van der Waals surface area contributed by atoms with Gasteiger partial charge in [0.2, 0.25) is 0 Å². The first-order valence-electron chi connectivity index (χ1n) is 6.24. The van der Waals surface area contributed by atoms with Crippen LogP contribution in [0.25, 0.3) is 11.6 Å². The lowest BCUT2D eigenvalue weighted by Gasteiger charge is -1.99. The van der Waals surface area contributed by atoms with Crippen LogP contribution in [0.2, 0.25) is 0 Å². The van der Waals surface area contributed by atoms with E-state index in [9.17, 15) is 4.79 Å². The summed E-state index contributed by atoms with van der Waals surface area (Å²) < 4.78 is 4.66. The van der Waals surface area contributed by atoms with Crippen LogP contribution in [0.4, 0.5) is 0 Å². The third-order valence-corrected chi connectivity index (χ3v) is 2.84. The third-order valence-electron chi connectivity index (χ3n) is 2.84. The third kappa shape index (κ3) is 3.44. The average Bonchev–Trinajstić information content (AvgIpc) is 2.53. The first-order chi connectivity index (χ1) is 9.70. The van der Waals surface area contributed by atoms with Gasteiger partial charge in [-0.2, -0.15) is 0 Å². The van der Waals surface area contributed by atoms with Crippen molar-refractivity contribution in [3.05, 3.63) is 71.2 Å². The van der Waals surface area contributed by atoms with Crippen molar-refractivity contribution in [2.45, 2.75) is 6.92 Å². The van der Waals surface area contributed by atoms with Crippen molar-refractivity contribution in [2.75, 3.05) is 7.11 Å². The normalized spacial score (nSPS) is 9.50. The summed E-state index contributed by atoms with van der Waals surface area (Å²) in [6, 6.07) is 12.9. The monoisotopic (exact) mass is 265 g/mol. The zero-order chi connectivity index (χ0) is 14.4. The summed E-state index contributed by atoms with van der Waals surface area (Å²) in [6.07, 6.45) is 3.62. The molecule has 0 atom stereocenters. The average molecular weight is 265 g/mol. The number of aromatic nitrogens is 1. The molecule has 0 aliphatic carbocycles. The number of nitrogens with zero attached hydrogens (tertiary/aromatic N) is 1. The Morgan fingerprint density at radius 3 is 2.55 bits per heavy atom. The highest BCUT2D eigenvalue weighted by Gasteiger charge is 2.02. The summed E-state index contributed by atoms with van der Waals surface area (Å²) in [6.45, 7) is 1.96. The maximum absolute atomic E-state index is 11.3. The second-order valence-corrected chi connectivity index (χ2v) is 4.24. The van der Waals surface area contributed by atoms with E-state index in [2.05, 4.69) is 15.5 Å². The van der Waals surface area contributed by atoms with E-state index in [4.69, 9.17) is 0 Å². The van der Waals surface area contributed by atoms with Gasteiger partial charge in [0.1, 0.15) is 0 Å². The minimum Gasteiger partial charge on any atom is -0.465 e. The van der Waals surface area contributed by atoms with Crippen molar-refractivity contribution in [1.82, 2.24) is 4.98 Å². The van der Waals surface area contributed by atoms with Crippen LogP contribution in [0.1, 0.15) is 28.5 Å². The number of allylic oxidation sites excluding steroid dienone is 1. The number of carbonyl (C=O) groups is 1. The lowest BCUT2D eigenvalue weighted by Crippen LogP contribution is -2.00.